The Bertz CT molecular complexity index is 492. The van der Waals surface area contributed by atoms with Crippen molar-refractivity contribution in [2.24, 2.45) is 0 Å². The third-order valence-corrected chi connectivity index (χ3v) is 1.91. The molecule has 0 bridgehead atoms. The fourth-order valence-electron chi connectivity index (χ4n) is 0.860. The van der Waals surface area contributed by atoms with Crippen molar-refractivity contribution in [1.82, 2.24) is 0 Å². The van der Waals surface area contributed by atoms with Crippen molar-refractivity contribution in [2.75, 3.05) is 7.11 Å². The van der Waals surface area contributed by atoms with Crippen LogP contribution in [0.3, 0.4) is 0 Å². The maximum absolute atomic E-state index is 10.7. The molecule has 0 radical (unpaired) electrons. The van der Waals surface area contributed by atoms with Crippen molar-refractivity contribution in [3.05, 3.63) is 34.3 Å². The maximum atomic E-state index is 10.7. The van der Waals surface area contributed by atoms with Crippen LogP contribution in [0.5, 0.6) is 0 Å². The molecule has 0 fully saturated rings. The Balaban J connectivity index is 3.08. The van der Waals surface area contributed by atoms with Gasteiger partial charge in [-0.15, -0.1) is 0 Å². The lowest BCUT2D eigenvalue weighted by Gasteiger charge is -1.95. The number of nitrogens with zero attached hydrogens (tertiary/aromatic N) is 1. The molecule has 0 heterocycles. The number of hydrogen-bond donors (Lipinski definition) is 0. The molecule has 0 atom stereocenters. The summed E-state index contributed by atoms with van der Waals surface area (Å²) in [6.45, 7) is 0. The Morgan fingerprint density at radius 3 is 2.87 bits per heavy atom. The molecular weight excluding hydrogens is 214 g/mol. The van der Waals surface area contributed by atoms with Gasteiger partial charge in [-0.2, -0.15) is 5.26 Å². The maximum Gasteiger partial charge on any atom is 0.384 e. The fraction of sp³-hybridized carbons (Fsp3) is 0.0909. The van der Waals surface area contributed by atoms with E-state index in [0.717, 1.165) is 0 Å². The highest BCUT2D eigenvalue weighted by atomic mass is 35.5. The summed E-state index contributed by atoms with van der Waals surface area (Å²) in [6, 6.07) is 6.60. The summed E-state index contributed by atoms with van der Waals surface area (Å²) in [5, 5.41) is 9.04. The van der Waals surface area contributed by atoms with Crippen molar-refractivity contribution < 1.29 is 9.53 Å². The van der Waals surface area contributed by atoms with Gasteiger partial charge in [-0.05, 0) is 18.2 Å². The van der Waals surface area contributed by atoms with Gasteiger partial charge < -0.3 is 4.74 Å². The topological polar surface area (TPSA) is 50.1 Å². The van der Waals surface area contributed by atoms with Crippen molar-refractivity contribution in [1.29, 1.82) is 5.26 Å². The van der Waals surface area contributed by atoms with E-state index in [0.29, 0.717) is 16.1 Å². The Hall–Kier alpha value is -1.97. The second-order valence-electron chi connectivity index (χ2n) is 2.55. The van der Waals surface area contributed by atoms with Gasteiger partial charge in [0.15, 0.2) is 0 Å². The quantitative estimate of drug-likeness (QED) is 0.493. The van der Waals surface area contributed by atoms with Crippen LogP contribution in [-0.4, -0.2) is 13.1 Å². The van der Waals surface area contributed by atoms with E-state index in [1.165, 1.54) is 13.2 Å². The first-order valence-corrected chi connectivity index (χ1v) is 4.35. The van der Waals surface area contributed by atoms with Gasteiger partial charge in [0.05, 0.1) is 23.8 Å². The van der Waals surface area contributed by atoms with Crippen molar-refractivity contribution in [2.45, 2.75) is 0 Å². The molecule has 0 saturated heterocycles. The highest BCUT2D eigenvalue weighted by Gasteiger charge is 1.99. The summed E-state index contributed by atoms with van der Waals surface area (Å²) in [5.74, 6) is 4.12. The molecule has 0 aliphatic rings. The minimum atomic E-state index is -0.645. The number of carbonyl (C=O) groups is 1. The van der Waals surface area contributed by atoms with Crippen molar-refractivity contribution >= 4 is 17.6 Å². The molecule has 1 aromatic rings. The van der Waals surface area contributed by atoms with E-state index >= 15 is 0 Å². The second-order valence-corrected chi connectivity index (χ2v) is 2.96. The standard InChI is InChI=1S/C11H6ClNO2/c1-15-11(14)5-3-9-6-8(7-13)2-4-10(9)12/h2,4,6H,1H3. The van der Waals surface area contributed by atoms with Crippen LogP contribution in [0.1, 0.15) is 11.1 Å². The minimum Gasteiger partial charge on any atom is -0.459 e. The van der Waals surface area contributed by atoms with Gasteiger partial charge in [-0.3, -0.25) is 0 Å². The number of esters is 1. The third-order valence-electron chi connectivity index (χ3n) is 1.58. The smallest absolute Gasteiger partial charge is 0.384 e. The zero-order valence-corrected chi connectivity index (χ0v) is 8.63. The molecule has 4 heteroatoms. The molecule has 1 rings (SSSR count). The molecule has 1 aromatic carbocycles. The number of hydrogen-bond acceptors (Lipinski definition) is 3. The zero-order valence-electron chi connectivity index (χ0n) is 7.87. The van der Waals surface area contributed by atoms with E-state index in [4.69, 9.17) is 16.9 Å². The van der Waals surface area contributed by atoms with Gasteiger partial charge in [0.25, 0.3) is 0 Å². The van der Waals surface area contributed by atoms with E-state index < -0.39 is 5.97 Å². The molecule has 0 amide bonds. The molecule has 0 aliphatic heterocycles. The molecule has 74 valence electrons. The third kappa shape index (κ3) is 3.02. The summed E-state index contributed by atoms with van der Waals surface area (Å²) < 4.78 is 4.35. The molecule has 0 aromatic heterocycles. The van der Waals surface area contributed by atoms with Crippen LogP contribution >= 0.6 is 11.6 Å². The molecule has 0 saturated carbocycles. The molecule has 0 unspecified atom stereocenters. The molecule has 0 aliphatic carbocycles. The number of carbonyl (C=O) groups excluding carboxylic acids is 1. The van der Waals surface area contributed by atoms with E-state index in [9.17, 15) is 4.79 Å². The number of ether oxygens (including phenoxy) is 1. The van der Waals surface area contributed by atoms with E-state index in [1.807, 2.05) is 6.07 Å². The Morgan fingerprint density at radius 2 is 2.27 bits per heavy atom. The highest BCUT2D eigenvalue weighted by molar-refractivity contribution is 6.31. The predicted octanol–water partition coefficient (Wildman–Crippen LogP) is 1.74. The van der Waals surface area contributed by atoms with Gasteiger partial charge in [0.2, 0.25) is 0 Å². The predicted molar refractivity (Wildman–Crippen MR) is 55.1 cm³/mol. The van der Waals surface area contributed by atoms with E-state index in [2.05, 4.69) is 16.6 Å². The van der Waals surface area contributed by atoms with Gasteiger partial charge >= 0.3 is 5.97 Å². The first-order valence-electron chi connectivity index (χ1n) is 3.97. The summed E-state index contributed by atoms with van der Waals surface area (Å²) in [4.78, 5) is 10.7. The number of methoxy groups -OCH3 is 1. The number of halogens is 1. The van der Waals surface area contributed by atoms with Crippen LogP contribution in [0.2, 0.25) is 5.02 Å². The van der Waals surface area contributed by atoms with Crippen LogP contribution in [0, 0.1) is 23.2 Å². The summed E-state index contributed by atoms with van der Waals surface area (Å²) >= 11 is 5.82. The number of rotatable bonds is 0. The second kappa shape index (κ2) is 5.05. The normalized spacial score (nSPS) is 8.33. The van der Waals surface area contributed by atoms with Crippen LogP contribution in [0.4, 0.5) is 0 Å². The average molecular weight is 220 g/mol. The monoisotopic (exact) mass is 219 g/mol. The van der Waals surface area contributed by atoms with Gasteiger partial charge in [-0.1, -0.05) is 17.5 Å². The lowest BCUT2D eigenvalue weighted by atomic mass is 10.1. The number of benzene rings is 1. The van der Waals surface area contributed by atoms with E-state index in [1.54, 1.807) is 12.1 Å². The first-order chi connectivity index (χ1) is 7.17. The molecule has 0 N–H and O–H groups in total. The first kappa shape index (κ1) is 11.1. The molecular formula is C11H6ClNO2. The van der Waals surface area contributed by atoms with Crippen LogP contribution in [-0.2, 0) is 9.53 Å². The lowest BCUT2D eigenvalue weighted by Crippen LogP contribution is -1.94. The summed E-state index contributed by atoms with van der Waals surface area (Å²) in [7, 11) is 1.24. The van der Waals surface area contributed by atoms with E-state index in [-0.39, 0.29) is 0 Å². The van der Waals surface area contributed by atoms with Crippen LogP contribution < -0.4 is 0 Å². The molecule has 15 heavy (non-hydrogen) atoms. The fourth-order valence-corrected chi connectivity index (χ4v) is 1.02. The van der Waals surface area contributed by atoms with Crippen molar-refractivity contribution in [3.8, 4) is 17.9 Å². The lowest BCUT2D eigenvalue weighted by molar-refractivity contribution is -0.133. The minimum absolute atomic E-state index is 0.394. The van der Waals surface area contributed by atoms with Crippen molar-refractivity contribution in [3.63, 3.8) is 0 Å². The number of nitriles is 1. The van der Waals surface area contributed by atoms with Crippen LogP contribution in [0.15, 0.2) is 18.2 Å². The molecule has 0 spiro atoms. The van der Waals surface area contributed by atoms with Gasteiger partial charge in [0, 0.05) is 11.5 Å². The largest absolute Gasteiger partial charge is 0.459 e. The summed E-state index contributed by atoms with van der Waals surface area (Å²) in [6.07, 6.45) is 0. The van der Waals surface area contributed by atoms with Gasteiger partial charge in [0.1, 0.15) is 0 Å². The zero-order chi connectivity index (χ0) is 11.3. The SMILES string of the molecule is COC(=O)C#Cc1cc(C#N)ccc1Cl. The Morgan fingerprint density at radius 1 is 1.53 bits per heavy atom. The highest BCUT2D eigenvalue weighted by Crippen LogP contribution is 2.15. The van der Waals surface area contributed by atoms with Crippen LogP contribution in [0.25, 0.3) is 0 Å². The average Bonchev–Trinajstić information content (AvgIpc) is 2.27. The Labute approximate surface area is 92.2 Å². The molecule has 3 nitrogen and oxygen atoms in total. The summed E-state index contributed by atoms with van der Waals surface area (Å²) in [5.41, 5.74) is 0.870. The Kier molecular flexibility index (Phi) is 3.74. The van der Waals surface area contributed by atoms with Gasteiger partial charge in [-0.25, -0.2) is 4.79 Å².